The van der Waals surface area contributed by atoms with Crippen molar-refractivity contribution in [2.45, 2.75) is 32.4 Å². The second-order valence-electron chi connectivity index (χ2n) is 5.84. The monoisotopic (exact) mass is 325 g/mol. The van der Waals surface area contributed by atoms with E-state index in [0.717, 1.165) is 32.7 Å². The number of nitrogens with two attached hydrogens (primary N) is 1. The molecule has 3 N–H and O–H groups in total. The third-order valence-electron chi connectivity index (χ3n) is 4.39. The molecule has 3 unspecified atom stereocenters. The predicted octanol–water partition coefficient (Wildman–Crippen LogP) is 1.61. The minimum atomic E-state index is -0.432. The number of carbonyl (C=O) groups excluding carboxylic acids is 1. The highest BCUT2D eigenvalue weighted by Gasteiger charge is 2.25. The molecule has 1 saturated heterocycles. The molecule has 1 aromatic rings. The number of nitrogens with zero attached hydrogens (tertiary/aromatic N) is 1. The zero-order valence-corrected chi connectivity index (χ0v) is 14.3. The number of morpholine rings is 1. The van der Waals surface area contributed by atoms with Crippen LogP contribution in [0.5, 0.6) is 0 Å². The van der Waals surface area contributed by atoms with Crippen LogP contribution in [0.4, 0.5) is 0 Å². The van der Waals surface area contributed by atoms with Gasteiger partial charge in [0, 0.05) is 24.5 Å². The van der Waals surface area contributed by atoms with Gasteiger partial charge in [-0.05, 0) is 17.4 Å². The Morgan fingerprint density at radius 2 is 2.23 bits per heavy atom. The summed E-state index contributed by atoms with van der Waals surface area (Å²) in [6, 6.07) is 3.96. The van der Waals surface area contributed by atoms with Crippen LogP contribution >= 0.6 is 11.3 Å². The Morgan fingerprint density at radius 3 is 2.82 bits per heavy atom. The second kappa shape index (κ2) is 8.62. The van der Waals surface area contributed by atoms with Gasteiger partial charge in [-0.1, -0.05) is 26.3 Å². The van der Waals surface area contributed by atoms with Crippen LogP contribution < -0.4 is 11.1 Å². The van der Waals surface area contributed by atoms with Gasteiger partial charge in [-0.15, -0.1) is 11.3 Å². The molecular weight excluding hydrogens is 298 g/mol. The van der Waals surface area contributed by atoms with Crippen molar-refractivity contribution in [3.8, 4) is 0 Å². The summed E-state index contributed by atoms with van der Waals surface area (Å²) in [6.07, 6.45) is 0.909. The highest BCUT2D eigenvalue weighted by Crippen LogP contribution is 2.25. The largest absolute Gasteiger partial charge is 0.379 e. The highest BCUT2D eigenvalue weighted by molar-refractivity contribution is 7.10. The minimum absolute atomic E-state index is 0.0517. The molecule has 0 radical (unpaired) electrons. The van der Waals surface area contributed by atoms with Crippen molar-refractivity contribution in [1.82, 2.24) is 10.2 Å². The quantitative estimate of drug-likeness (QED) is 0.799. The number of amides is 1. The van der Waals surface area contributed by atoms with E-state index < -0.39 is 6.04 Å². The molecule has 0 saturated carbocycles. The molecule has 5 nitrogen and oxygen atoms in total. The molecule has 3 atom stereocenters. The molecule has 1 aromatic heterocycles. The lowest BCUT2D eigenvalue weighted by atomic mass is 9.99. The molecule has 2 heterocycles. The first-order valence-electron chi connectivity index (χ1n) is 8.02. The Bertz CT molecular complexity index is 446. The maximum absolute atomic E-state index is 12.2. The van der Waals surface area contributed by atoms with Crippen molar-refractivity contribution in [2.75, 3.05) is 32.8 Å². The number of hydrogen-bond acceptors (Lipinski definition) is 5. The summed E-state index contributed by atoms with van der Waals surface area (Å²) in [5, 5.41) is 5.12. The zero-order valence-electron chi connectivity index (χ0n) is 13.5. The lowest BCUT2D eigenvalue weighted by Gasteiger charge is -2.34. The van der Waals surface area contributed by atoms with Crippen molar-refractivity contribution in [3.05, 3.63) is 22.4 Å². The minimum Gasteiger partial charge on any atom is -0.379 e. The average molecular weight is 325 g/mol. The van der Waals surface area contributed by atoms with Crippen molar-refractivity contribution < 1.29 is 9.53 Å². The molecule has 0 aromatic carbocycles. The molecule has 0 aliphatic carbocycles. The van der Waals surface area contributed by atoms with Gasteiger partial charge in [0.25, 0.3) is 0 Å². The van der Waals surface area contributed by atoms with Gasteiger partial charge in [-0.3, -0.25) is 9.69 Å². The lowest BCUT2D eigenvalue weighted by Crippen LogP contribution is -2.48. The van der Waals surface area contributed by atoms with Crippen LogP contribution in [-0.2, 0) is 9.53 Å². The van der Waals surface area contributed by atoms with E-state index in [1.165, 1.54) is 4.88 Å². The van der Waals surface area contributed by atoms with Gasteiger partial charge in [0.15, 0.2) is 0 Å². The van der Waals surface area contributed by atoms with Crippen molar-refractivity contribution in [2.24, 2.45) is 11.7 Å². The van der Waals surface area contributed by atoms with E-state index in [4.69, 9.17) is 10.5 Å². The highest BCUT2D eigenvalue weighted by atomic mass is 32.1. The maximum atomic E-state index is 12.2. The number of ether oxygens (including phenoxy) is 1. The Morgan fingerprint density at radius 1 is 1.50 bits per heavy atom. The van der Waals surface area contributed by atoms with Crippen LogP contribution in [0, 0.1) is 5.92 Å². The molecule has 1 amide bonds. The van der Waals surface area contributed by atoms with Gasteiger partial charge in [0.05, 0.1) is 25.3 Å². The predicted molar refractivity (Wildman–Crippen MR) is 89.9 cm³/mol. The van der Waals surface area contributed by atoms with Gasteiger partial charge >= 0.3 is 0 Å². The lowest BCUT2D eigenvalue weighted by molar-refractivity contribution is -0.123. The number of rotatable bonds is 7. The van der Waals surface area contributed by atoms with Crippen LogP contribution in [0.25, 0.3) is 0 Å². The average Bonchev–Trinajstić information content (AvgIpc) is 3.08. The van der Waals surface area contributed by atoms with Gasteiger partial charge in [-0.2, -0.15) is 0 Å². The molecule has 1 aliphatic rings. The molecule has 1 fully saturated rings. The number of nitrogens with one attached hydrogen (secondary N) is 1. The molecule has 2 rings (SSSR count). The van der Waals surface area contributed by atoms with E-state index in [2.05, 4.69) is 34.7 Å². The van der Waals surface area contributed by atoms with Crippen LogP contribution in [0.3, 0.4) is 0 Å². The van der Waals surface area contributed by atoms with Gasteiger partial charge in [0.1, 0.15) is 0 Å². The van der Waals surface area contributed by atoms with E-state index >= 15 is 0 Å². The first-order chi connectivity index (χ1) is 10.6. The summed E-state index contributed by atoms with van der Waals surface area (Å²) in [5.41, 5.74) is 6.01. The summed E-state index contributed by atoms with van der Waals surface area (Å²) < 4.78 is 5.43. The fraction of sp³-hybridized carbons (Fsp3) is 0.688. The molecular formula is C16H27N3O2S. The standard InChI is InChI=1S/C16H27N3O2S/c1-3-12(2)15(17)16(20)18-11-13(14-5-4-10-22-14)19-6-8-21-9-7-19/h4-5,10,12-13,15H,3,6-9,11,17H2,1-2H3,(H,18,20). The SMILES string of the molecule is CCC(C)C(N)C(=O)NCC(c1cccs1)N1CCOCC1. The molecule has 0 spiro atoms. The molecule has 124 valence electrons. The Kier molecular flexibility index (Phi) is 6.82. The van der Waals surface area contributed by atoms with Gasteiger partial charge in [0.2, 0.25) is 5.91 Å². The van der Waals surface area contributed by atoms with Gasteiger partial charge in [-0.25, -0.2) is 0 Å². The van der Waals surface area contributed by atoms with E-state index in [1.807, 2.05) is 6.92 Å². The molecule has 0 bridgehead atoms. The number of thiophene rings is 1. The fourth-order valence-corrected chi connectivity index (χ4v) is 3.47. The Hall–Kier alpha value is -0.950. The number of carbonyl (C=O) groups is 1. The van der Waals surface area contributed by atoms with Crippen LogP contribution in [0.15, 0.2) is 17.5 Å². The van der Waals surface area contributed by atoms with E-state index in [9.17, 15) is 4.79 Å². The third-order valence-corrected chi connectivity index (χ3v) is 5.36. The molecule has 22 heavy (non-hydrogen) atoms. The molecule has 6 heteroatoms. The summed E-state index contributed by atoms with van der Waals surface area (Å²) in [4.78, 5) is 15.9. The molecule has 1 aliphatic heterocycles. The van der Waals surface area contributed by atoms with Crippen LogP contribution in [0.1, 0.15) is 31.2 Å². The third kappa shape index (κ3) is 4.52. The van der Waals surface area contributed by atoms with E-state index in [-0.39, 0.29) is 17.9 Å². The summed E-state index contributed by atoms with van der Waals surface area (Å²) in [5.74, 6) is 0.146. The first-order valence-corrected chi connectivity index (χ1v) is 8.90. The van der Waals surface area contributed by atoms with Crippen molar-refractivity contribution in [3.63, 3.8) is 0 Å². The van der Waals surface area contributed by atoms with E-state index in [0.29, 0.717) is 6.54 Å². The number of hydrogen-bond donors (Lipinski definition) is 2. The Labute approximate surface area is 136 Å². The van der Waals surface area contributed by atoms with Gasteiger partial charge < -0.3 is 15.8 Å². The topological polar surface area (TPSA) is 67.6 Å². The van der Waals surface area contributed by atoms with Crippen molar-refractivity contribution in [1.29, 1.82) is 0 Å². The maximum Gasteiger partial charge on any atom is 0.237 e. The fourth-order valence-electron chi connectivity index (χ4n) is 2.61. The smallest absolute Gasteiger partial charge is 0.237 e. The van der Waals surface area contributed by atoms with Crippen LogP contribution in [-0.4, -0.2) is 49.7 Å². The normalized spacial score (nSPS) is 20.3. The summed E-state index contributed by atoms with van der Waals surface area (Å²) in [7, 11) is 0. The summed E-state index contributed by atoms with van der Waals surface area (Å²) >= 11 is 1.73. The summed E-state index contributed by atoms with van der Waals surface area (Å²) in [6.45, 7) is 7.97. The second-order valence-corrected chi connectivity index (χ2v) is 6.82. The van der Waals surface area contributed by atoms with Crippen molar-refractivity contribution >= 4 is 17.2 Å². The van der Waals surface area contributed by atoms with E-state index in [1.54, 1.807) is 11.3 Å². The Balaban J connectivity index is 1.96. The van der Waals surface area contributed by atoms with Crippen LogP contribution in [0.2, 0.25) is 0 Å². The first kappa shape index (κ1) is 17.4. The zero-order chi connectivity index (χ0) is 15.9.